The lowest BCUT2D eigenvalue weighted by Crippen LogP contribution is -2.21. The lowest BCUT2D eigenvalue weighted by atomic mass is 10.0. The van der Waals surface area contributed by atoms with Crippen LogP contribution in [-0.2, 0) is 13.0 Å². The molecule has 2 aromatic rings. The molecule has 1 aliphatic heterocycles. The van der Waals surface area contributed by atoms with E-state index in [2.05, 4.69) is 15.1 Å². The number of aromatic amines is 1. The van der Waals surface area contributed by atoms with Gasteiger partial charge in [-0.2, -0.15) is 5.10 Å². The van der Waals surface area contributed by atoms with E-state index in [1.807, 2.05) is 19.1 Å². The van der Waals surface area contributed by atoms with E-state index in [1.54, 1.807) is 12.5 Å². The van der Waals surface area contributed by atoms with Crippen LogP contribution in [0.25, 0.3) is 0 Å². The van der Waals surface area contributed by atoms with Gasteiger partial charge in [0.15, 0.2) is 0 Å². The van der Waals surface area contributed by atoms with Crippen LogP contribution in [0.5, 0.6) is 0 Å². The first-order valence-corrected chi connectivity index (χ1v) is 6.63. The summed E-state index contributed by atoms with van der Waals surface area (Å²) in [6.45, 7) is 4.45. The SMILES string of the molecule is Cc1cc(C[C@@H]2CN(Cc3ccoc3)C[C@H]2O)n[nH]1. The molecule has 2 aromatic heterocycles. The number of H-pyrrole nitrogens is 1. The highest BCUT2D eigenvalue weighted by Crippen LogP contribution is 2.22. The Morgan fingerprint density at radius 2 is 2.42 bits per heavy atom. The highest BCUT2D eigenvalue weighted by molar-refractivity contribution is 5.10. The molecular weight excluding hydrogens is 242 g/mol. The normalized spacial score (nSPS) is 24.1. The fourth-order valence-corrected chi connectivity index (χ4v) is 2.76. The molecule has 0 amide bonds. The average molecular weight is 261 g/mol. The molecule has 3 heterocycles. The second-order valence-corrected chi connectivity index (χ2v) is 5.40. The van der Waals surface area contributed by atoms with E-state index in [0.717, 1.165) is 43.0 Å². The lowest BCUT2D eigenvalue weighted by Gasteiger charge is -2.13. The van der Waals surface area contributed by atoms with Gasteiger partial charge in [-0.3, -0.25) is 10.00 Å². The Bertz CT molecular complexity index is 521. The van der Waals surface area contributed by atoms with Gasteiger partial charge >= 0.3 is 0 Å². The number of aliphatic hydroxyl groups is 1. The van der Waals surface area contributed by atoms with Crippen LogP contribution in [0.2, 0.25) is 0 Å². The number of furan rings is 1. The summed E-state index contributed by atoms with van der Waals surface area (Å²) < 4.78 is 5.07. The number of β-amino-alcohol motifs (C(OH)–C–C–N with tert-alkyl or cyclic N) is 1. The van der Waals surface area contributed by atoms with Crippen molar-refractivity contribution in [2.24, 2.45) is 5.92 Å². The molecule has 2 atom stereocenters. The fraction of sp³-hybridized carbons (Fsp3) is 0.500. The van der Waals surface area contributed by atoms with E-state index >= 15 is 0 Å². The summed E-state index contributed by atoms with van der Waals surface area (Å²) in [7, 11) is 0. The average Bonchev–Trinajstić information content (AvgIpc) is 3.06. The first-order valence-electron chi connectivity index (χ1n) is 6.63. The number of nitrogens with one attached hydrogen (secondary N) is 1. The van der Waals surface area contributed by atoms with Crippen LogP contribution in [0, 0.1) is 12.8 Å². The van der Waals surface area contributed by atoms with Crippen molar-refractivity contribution in [1.82, 2.24) is 15.1 Å². The van der Waals surface area contributed by atoms with Crippen molar-refractivity contribution in [2.45, 2.75) is 26.0 Å². The molecule has 19 heavy (non-hydrogen) atoms. The van der Waals surface area contributed by atoms with E-state index in [1.165, 1.54) is 0 Å². The number of hydrogen-bond acceptors (Lipinski definition) is 4. The van der Waals surface area contributed by atoms with E-state index in [4.69, 9.17) is 4.42 Å². The number of aromatic nitrogens is 2. The zero-order valence-corrected chi connectivity index (χ0v) is 11.0. The molecule has 0 unspecified atom stereocenters. The van der Waals surface area contributed by atoms with E-state index in [0.29, 0.717) is 0 Å². The number of aliphatic hydroxyl groups excluding tert-OH is 1. The van der Waals surface area contributed by atoms with Crippen LogP contribution in [0.3, 0.4) is 0 Å². The second kappa shape index (κ2) is 5.19. The topological polar surface area (TPSA) is 65.3 Å². The highest BCUT2D eigenvalue weighted by Gasteiger charge is 2.31. The minimum Gasteiger partial charge on any atom is -0.472 e. The van der Waals surface area contributed by atoms with Crippen LogP contribution in [0.4, 0.5) is 0 Å². The fourth-order valence-electron chi connectivity index (χ4n) is 2.76. The van der Waals surface area contributed by atoms with Gasteiger partial charge in [-0.15, -0.1) is 0 Å². The molecule has 0 aromatic carbocycles. The van der Waals surface area contributed by atoms with Gasteiger partial charge in [0.1, 0.15) is 0 Å². The Labute approximate surface area is 112 Å². The molecule has 5 heteroatoms. The highest BCUT2D eigenvalue weighted by atomic mass is 16.3. The number of rotatable bonds is 4. The maximum Gasteiger partial charge on any atom is 0.0947 e. The third-order valence-electron chi connectivity index (χ3n) is 3.70. The van der Waals surface area contributed by atoms with Crippen molar-refractivity contribution in [3.8, 4) is 0 Å². The number of likely N-dealkylation sites (tertiary alicyclic amines) is 1. The molecule has 0 saturated carbocycles. The van der Waals surface area contributed by atoms with E-state index < -0.39 is 0 Å². The third-order valence-corrected chi connectivity index (χ3v) is 3.70. The zero-order chi connectivity index (χ0) is 13.2. The Kier molecular flexibility index (Phi) is 3.40. The quantitative estimate of drug-likeness (QED) is 0.872. The van der Waals surface area contributed by atoms with Gasteiger partial charge in [0, 0.05) is 36.8 Å². The summed E-state index contributed by atoms with van der Waals surface area (Å²) in [5.74, 6) is 0.259. The molecule has 1 aliphatic rings. The molecule has 5 nitrogen and oxygen atoms in total. The van der Waals surface area contributed by atoms with E-state index in [9.17, 15) is 5.11 Å². The molecule has 2 N–H and O–H groups in total. The first kappa shape index (κ1) is 12.4. The number of nitrogens with zero attached hydrogens (tertiary/aromatic N) is 2. The molecule has 0 aliphatic carbocycles. The van der Waals surface area contributed by atoms with Gasteiger partial charge in [-0.25, -0.2) is 0 Å². The van der Waals surface area contributed by atoms with Gasteiger partial charge in [-0.05, 0) is 25.5 Å². The van der Waals surface area contributed by atoms with Crippen molar-refractivity contribution < 1.29 is 9.52 Å². The maximum absolute atomic E-state index is 10.2. The van der Waals surface area contributed by atoms with Crippen molar-refractivity contribution in [1.29, 1.82) is 0 Å². The predicted octanol–water partition coefficient (Wildman–Crippen LogP) is 1.35. The van der Waals surface area contributed by atoms with Crippen molar-refractivity contribution in [3.05, 3.63) is 41.6 Å². The predicted molar refractivity (Wildman–Crippen MR) is 70.5 cm³/mol. The van der Waals surface area contributed by atoms with Gasteiger partial charge in [0.2, 0.25) is 0 Å². The van der Waals surface area contributed by atoms with Crippen molar-refractivity contribution in [3.63, 3.8) is 0 Å². The minimum absolute atomic E-state index is 0.259. The zero-order valence-electron chi connectivity index (χ0n) is 11.0. The van der Waals surface area contributed by atoms with Crippen molar-refractivity contribution in [2.75, 3.05) is 13.1 Å². The van der Waals surface area contributed by atoms with Gasteiger partial charge in [0.05, 0.1) is 24.3 Å². The Morgan fingerprint density at radius 1 is 1.53 bits per heavy atom. The first-order chi connectivity index (χ1) is 9.20. The smallest absolute Gasteiger partial charge is 0.0947 e. The lowest BCUT2D eigenvalue weighted by molar-refractivity contribution is 0.140. The Hall–Kier alpha value is -1.59. The Morgan fingerprint density at radius 3 is 3.11 bits per heavy atom. The maximum atomic E-state index is 10.2. The van der Waals surface area contributed by atoms with Crippen molar-refractivity contribution >= 4 is 0 Å². The molecular formula is C14H19N3O2. The number of aryl methyl sites for hydroxylation is 1. The van der Waals surface area contributed by atoms with Crippen LogP contribution in [0.1, 0.15) is 17.0 Å². The summed E-state index contributed by atoms with van der Waals surface area (Å²) in [5.41, 5.74) is 3.26. The molecule has 102 valence electrons. The molecule has 0 spiro atoms. The molecule has 1 saturated heterocycles. The van der Waals surface area contributed by atoms with Crippen LogP contribution < -0.4 is 0 Å². The van der Waals surface area contributed by atoms with Gasteiger partial charge < -0.3 is 9.52 Å². The monoisotopic (exact) mass is 261 g/mol. The Balaban J connectivity index is 1.59. The molecule has 0 radical (unpaired) electrons. The van der Waals surface area contributed by atoms with Crippen LogP contribution in [-0.4, -0.2) is 39.4 Å². The number of hydrogen-bond donors (Lipinski definition) is 2. The molecule has 0 bridgehead atoms. The largest absolute Gasteiger partial charge is 0.472 e. The van der Waals surface area contributed by atoms with Gasteiger partial charge in [-0.1, -0.05) is 0 Å². The van der Waals surface area contributed by atoms with E-state index in [-0.39, 0.29) is 12.0 Å². The summed E-state index contributed by atoms with van der Waals surface area (Å²) in [6, 6.07) is 4.02. The summed E-state index contributed by atoms with van der Waals surface area (Å²) in [4.78, 5) is 2.26. The summed E-state index contributed by atoms with van der Waals surface area (Å²) in [6.07, 6.45) is 4.00. The molecule has 1 fully saturated rings. The minimum atomic E-state index is -0.274. The third kappa shape index (κ3) is 2.88. The van der Waals surface area contributed by atoms with Crippen LogP contribution in [0.15, 0.2) is 29.1 Å². The van der Waals surface area contributed by atoms with Crippen LogP contribution >= 0.6 is 0 Å². The summed E-state index contributed by atoms with van der Waals surface area (Å²) in [5, 5.41) is 17.3. The standard InChI is InChI=1S/C14H19N3O2/c1-10-4-13(16-15-10)5-12-7-17(8-14(12)18)6-11-2-3-19-9-11/h2-4,9,12,14,18H,5-8H2,1H3,(H,15,16)/t12-,14-/m1/s1. The second-order valence-electron chi connectivity index (χ2n) is 5.40. The molecule has 3 rings (SSSR count). The summed E-state index contributed by atoms with van der Waals surface area (Å²) >= 11 is 0. The van der Waals surface area contributed by atoms with Gasteiger partial charge in [0.25, 0.3) is 0 Å².